The van der Waals surface area contributed by atoms with E-state index in [0.717, 1.165) is 10.9 Å². The predicted octanol–water partition coefficient (Wildman–Crippen LogP) is 4.33. The molecule has 0 N–H and O–H groups in total. The molecule has 0 bridgehead atoms. The minimum atomic E-state index is -0.414. The Bertz CT molecular complexity index is 893. The average molecular weight is 352 g/mol. The molecule has 0 aliphatic rings. The quantitative estimate of drug-likeness (QED) is 0.274. The van der Waals surface area contributed by atoms with Gasteiger partial charge in [-0.15, -0.1) is 16.8 Å². The Morgan fingerprint density at radius 3 is 2.68 bits per heavy atom. The lowest BCUT2D eigenvalue weighted by molar-refractivity contribution is -0.384. The van der Waals surface area contributed by atoms with Crippen molar-refractivity contribution in [3.05, 3.63) is 82.9 Å². The van der Waals surface area contributed by atoms with Crippen LogP contribution >= 0.6 is 11.8 Å². The van der Waals surface area contributed by atoms with Crippen molar-refractivity contribution in [1.29, 1.82) is 0 Å². The molecule has 2 aromatic carbocycles. The molecule has 0 spiro atoms. The largest absolute Gasteiger partial charge is 0.298 e. The Labute approximate surface area is 149 Å². The van der Waals surface area contributed by atoms with Gasteiger partial charge in [0.05, 0.1) is 4.92 Å². The first kappa shape index (κ1) is 16.9. The summed E-state index contributed by atoms with van der Waals surface area (Å²) in [5, 5.41) is 20.3. The van der Waals surface area contributed by atoms with Crippen molar-refractivity contribution in [2.24, 2.45) is 0 Å². The molecule has 0 saturated carbocycles. The first-order valence-corrected chi connectivity index (χ1v) is 8.63. The summed E-state index contributed by atoms with van der Waals surface area (Å²) >= 11 is 1.57. The van der Waals surface area contributed by atoms with E-state index in [1.165, 1.54) is 17.7 Å². The third-order valence-corrected chi connectivity index (χ3v) is 4.59. The van der Waals surface area contributed by atoms with Gasteiger partial charge in [0, 0.05) is 30.0 Å². The van der Waals surface area contributed by atoms with E-state index >= 15 is 0 Å². The fourth-order valence-corrected chi connectivity index (χ4v) is 3.29. The van der Waals surface area contributed by atoms with E-state index in [-0.39, 0.29) is 5.69 Å². The minimum absolute atomic E-state index is 0.0316. The summed E-state index contributed by atoms with van der Waals surface area (Å²) in [7, 11) is 0. The molecule has 7 heteroatoms. The van der Waals surface area contributed by atoms with Crippen LogP contribution in [0.5, 0.6) is 0 Å². The maximum atomic E-state index is 11.0. The molecule has 3 aromatic rings. The van der Waals surface area contributed by atoms with Crippen LogP contribution in [0.25, 0.3) is 11.4 Å². The number of aromatic nitrogens is 3. The summed E-state index contributed by atoms with van der Waals surface area (Å²) < 4.78 is 1.92. The van der Waals surface area contributed by atoms with Crippen LogP contribution in [-0.4, -0.2) is 19.7 Å². The zero-order valence-corrected chi connectivity index (χ0v) is 14.2. The molecule has 6 nitrogen and oxygen atoms in total. The Balaban J connectivity index is 1.90. The molecule has 0 atom stereocenters. The van der Waals surface area contributed by atoms with Crippen molar-refractivity contribution in [3.63, 3.8) is 0 Å². The number of nitrogens with zero attached hydrogens (tertiary/aromatic N) is 4. The number of nitro benzene ring substituents is 1. The monoisotopic (exact) mass is 352 g/mol. The van der Waals surface area contributed by atoms with Gasteiger partial charge in [-0.05, 0) is 5.56 Å². The lowest BCUT2D eigenvalue weighted by Crippen LogP contribution is -2.01. The highest BCUT2D eigenvalue weighted by Gasteiger charge is 2.16. The second-order valence-electron chi connectivity index (χ2n) is 5.29. The maximum Gasteiger partial charge on any atom is 0.270 e. The zero-order valence-electron chi connectivity index (χ0n) is 13.4. The third-order valence-electron chi connectivity index (χ3n) is 3.55. The van der Waals surface area contributed by atoms with Crippen molar-refractivity contribution in [2.75, 3.05) is 0 Å². The first-order valence-electron chi connectivity index (χ1n) is 7.64. The Morgan fingerprint density at radius 1 is 1.16 bits per heavy atom. The molecule has 0 unspecified atom stereocenters. The summed E-state index contributed by atoms with van der Waals surface area (Å²) in [6, 6.07) is 16.5. The topological polar surface area (TPSA) is 73.8 Å². The second kappa shape index (κ2) is 7.76. The summed E-state index contributed by atoms with van der Waals surface area (Å²) in [5.74, 6) is 1.37. The first-order chi connectivity index (χ1) is 12.2. The molecule has 0 fully saturated rings. The van der Waals surface area contributed by atoms with E-state index in [1.807, 2.05) is 22.8 Å². The number of nitro groups is 1. The fraction of sp³-hybridized carbons (Fsp3) is 0.111. The fourth-order valence-electron chi connectivity index (χ4n) is 2.38. The number of allylic oxidation sites excluding steroid dienone is 1. The van der Waals surface area contributed by atoms with Gasteiger partial charge in [-0.3, -0.25) is 14.7 Å². The van der Waals surface area contributed by atoms with Gasteiger partial charge in [0.1, 0.15) is 0 Å². The molecule has 1 aromatic heterocycles. The summed E-state index contributed by atoms with van der Waals surface area (Å²) in [5.41, 5.74) is 1.89. The second-order valence-corrected chi connectivity index (χ2v) is 6.23. The number of hydrogen-bond donors (Lipinski definition) is 0. The molecule has 0 amide bonds. The molecular weight excluding hydrogens is 336 g/mol. The van der Waals surface area contributed by atoms with Crippen molar-refractivity contribution < 1.29 is 4.92 Å². The van der Waals surface area contributed by atoms with Crippen LogP contribution in [0.3, 0.4) is 0 Å². The van der Waals surface area contributed by atoms with E-state index in [4.69, 9.17) is 0 Å². The maximum absolute atomic E-state index is 11.0. The number of benzene rings is 2. The number of non-ortho nitro benzene ring substituents is 1. The van der Waals surface area contributed by atoms with Crippen molar-refractivity contribution in [3.8, 4) is 11.4 Å². The highest BCUT2D eigenvalue weighted by atomic mass is 32.2. The van der Waals surface area contributed by atoms with Crippen molar-refractivity contribution >= 4 is 17.4 Å². The molecular formula is C18H16N4O2S. The predicted molar refractivity (Wildman–Crippen MR) is 98.3 cm³/mol. The standard InChI is InChI=1S/C18H16N4O2S/c1-2-11-21-17(15-9-6-10-16(12-15)22(23)24)19-20-18(21)25-13-14-7-4-3-5-8-14/h2-10,12H,1,11,13H2. The number of rotatable bonds is 7. The van der Waals surface area contributed by atoms with Gasteiger partial charge in [0.15, 0.2) is 11.0 Å². The molecule has 0 saturated heterocycles. The van der Waals surface area contributed by atoms with Gasteiger partial charge in [0.2, 0.25) is 0 Å². The van der Waals surface area contributed by atoms with Gasteiger partial charge in [0.25, 0.3) is 5.69 Å². The molecule has 126 valence electrons. The molecule has 0 radical (unpaired) electrons. The zero-order chi connectivity index (χ0) is 17.6. The molecule has 1 heterocycles. The molecule has 0 aliphatic carbocycles. The van der Waals surface area contributed by atoms with E-state index in [9.17, 15) is 10.1 Å². The van der Waals surface area contributed by atoms with Gasteiger partial charge in [-0.25, -0.2) is 0 Å². The van der Waals surface area contributed by atoms with E-state index in [1.54, 1.807) is 30.0 Å². The van der Waals surface area contributed by atoms with Gasteiger partial charge in [-0.1, -0.05) is 60.3 Å². The van der Waals surface area contributed by atoms with Gasteiger partial charge >= 0.3 is 0 Å². The lowest BCUT2D eigenvalue weighted by atomic mass is 10.2. The van der Waals surface area contributed by atoms with Crippen LogP contribution < -0.4 is 0 Å². The third kappa shape index (κ3) is 3.95. The molecule has 25 heavy (non-hydrogen) atoms. The number of thioether (sulfide) groups is 1. The van der Waals surface area contributed by atoms with E-state index in [2.05, 4.69) is 28.9 Å². The van der Waals surface area contributed by atoms with Crippen LogP contribution in [0.2, 0.25) is 0 Å². The highest BCUT2D eigenvalue weighted by Crippen LogP contribution is 2.28. The smallest absolute Gasteiger partial charge is 0.270 e. The SMILES string of the molecule is C=CCn1c(SCc2ccccc2)nnc1-c1cccc([N+](=O)[O-])c1. The van der Waals surface area contributed by atoms with Crippen LogP contribution in [0.4, 0.5) is 5.69 Å². The average Bonchev–Trinajstić information content (AvgIpc) is 3.04. The van der Waals surface area contributed by atoms with Crippen molar-refractivity contribution in [2.45, 2.75) is 17.5 Å². The van der Waals surface area contributed by atoms with Crippen LogP contribution in [0.15, 0.2) is 72.4 Å². The normalized spacial score (nSPS) is 10.6. The molecule has 3 rings (SSSR count). The Morgan fingerprint density at radius 2 is 1.96 bits per heavy atom. The lowest BCUT2D eigenvalue weighted by Gasteiger charge is -2.07. The van der Waals surface area contributed by atoms with Crippen molar-refractivity contribution in [1.82, 2.24) is 14.8 Å². The minimum Gasteiger partial charge on any atom is -0.298 e. The Hall–Kier alpha value is -2.93. The van der Waals surface area contributed by atoms with E-state index in [0.29, 0.717) is 17.9 Å². The van der Waals surface area contributed by atoms with Crippen LogP contribution in [0.1, 0.15) is 5.56 Å². The van der Waals surface area contributed by atoms with Gasteiger partial charge in [-0.2, -0.15) is 0 Å². The summed E-state index contributed by atoms with van der Waals surface area (Å²) in [4.78, 5) is 10.6. The van der Waals surface area contributed by atoms with E-state index < -0.39 is 4.92 Å². The van der Waals surface area contributed by atoms with Gasteiger partial charge < -0.3 is 0 Å². The molecule has 0 aliphatic heterocycles. The summed E-state index contributed by atoms with van der Waals surface area (Å²) in [6.45, 7) is 4.31. The highest BCUT2D eigenvalue weighted by molar-refractivity contribution is 7.98. The van der Waals surface area contributed by atoms with Crippen LogP contribution in [-0.2, 0) is 12.3 Å². The number of hydrogen-bond acceptors (Lipinski definition) is 5. The van der Waals surface area contributed by atoms with Crippen LogP contribution in [0, 0.1) is 10.1 Å². The Kier molecular flexibility index (Phi) is 5.25. The summed E-state index contributed by atoms with van der Waals surface area (Å²) in [6.07, 6.45) is 1.76.